The maximum absolute atomic E-state index is 12.0. The van der Waals surface area contributed by atoms with Crippen molar-refractivity contribution in [3.63, 3.8) is 0 Å². The molecule has 1 N–H and O–H groups in total. The van der Waals surface area contributed by atoms with Gasteiger partial charge in [0.2, 0.25) is 15.9 Å². The fourth-order valence-corrected chi connectivity index (χ4v) is 3.58. The van der Waals surface area contributed by atoms with Gasteiger partial charge < -0.3 is 5.32 Å². The van der Waals surface area contributed by atoms with Crippen LogP contribution in [-0.2, 0) is 14.8 Å². The summed E-state index contributed by atoms with van der Waals surface area (Å²) < 4.78 is 25.3. The van der Waals surface area contributed by atoms with Crippen molar-refractivity contribution in [2.75, 3.05) is 13.1 Å². The quantitative estimate of drug-likeness (QED) is 0.759. The summed E-state index contributed by atoms with van der Waals surface area (Å²) in [6.07, 6.45) is 0.876. The van der Waals surface area contributed by atoms with E-state index in [1.54, 1.807) is 6.92 Å². The predicted octanol–water partition coefficient (Wildman–Crippen LogP) is -0.171. The topological polar surface area (TPSA) is 90.3 Å². The monoisotopic (exact) mass is 259 g/mol. The van der Waals surface area contributed by atoms with Crippen LogP contribution in [0.15, 0.2) is 0 Å². The lowest BCUT2D eigenvalue weighted by molar-refractivity contribution is -0.119. The SMILES string of the molecule is CCC(C#N)S(=O)(=O)N1CCC(NC(C)=O)C1. The number of nitrogens with zero attached hydrogens (tertiary/aromatic N) is 2. The standard InChI is InChI=1S/C10H17N3O3S/c1-3-10(6-11)17(15,16)13-5-4-9(7-13)12-8(2)14/h9-10H,3-5,7H2,1-2H3,(H,12,14). The van der Waals surface area contributed by atoms with Gasteiger partial charge in [-0.3, -0.25) is 4.79 Å². The Balaban J connectivity index is 2.71. The lowest BCUT2D eigenvalue weighted by Gasteiger charge is -2.19. The summed E-state index contributed by atoms with van der Waals surface area (Å²) in [6.45, 7) is 3.71. The first-order valence-corrected chi connectivity index (χ1v) is 7.07. The molecule has 96 valence electrons. The highest BCUT2D eigenvalue weighted by Crippen LogP contribution is 2.18. The third-order valence-corrected chi connectivity index (χ3v) is 5.00. The number of nitriles is 1. The number of carbonyl (C=O) groups excluding carboxylic acids is 1. The summed E-state index contributed by atoms with van der Waals surface area (Å²) in [5.74, 6) is -0.165. The second kappa shape index (κ2) is 5.47. The molecule has 0 saturated carbocycles. The molecule has 2 atom stereocenters. The second-order valence-corrected chi connectivity index (χ2v) is 6.23. The van der Waals surface area contributed by atoms with Crippen LogP contribution in [0, 0.1) is 11.3 Å². The minimum absolute atomic E-state index is 0.140. The lowest BCUT2D eigenvalue weighted by Crippen LogP contribution is -2.40. The van der Waals surface area contributed by atoms with E-state index >= 15 is 0 Å². The Kier molecular flexibility index (Phi) is 4.48. The molecule has 1 saturated heterocycles. The van der Waals surface area contributed by atoms with Crippen LogP contribution in [0.25, 0.3) is 0 Å². The van der Waals surface area contributed by atoms with Crippen LogP contribution in [0.3, 0.4) is 0 Å². The summed E-state index contributed by atoms with van der Waals surface area (Å²) in [4.78, 5) is 10.9. The Morgan fingerprint density at radius 2 is 2.29 bits per heavy atom. The van der Waals surface area contributed by atoms with Gasteiger partial charge in [0.25, 0.3) is 0 Å². The number of rotatable bonds is 4. The van der Waals surface area contributed by atoms with Crippen LogP contribution in [0.5, 0.6) is 0 Å². The molecule has 1 heterocycles. The highest BCUT2D eigenvalue weighted by atomic mass is 32.2. The van der Waals surface area contributed by atoms with Gasteiger partial charge >= 0.3 is 0 Å². The van der Waals surface area contributed by atoms with Gasteiger partial charge in [0.1, 0.15) is 0 Å². The Bertz CT molecular complexity index is 427. The summed E-state index contributed by atoms with van der Waals surface area (Å²) >= 11 is 0. The predicted molar refractivity (Wildman–Crippen MR) is 62.4 cm³/mol. The van der Waals surface area contributed by atoms with E-state index < -0.39 is 15.3 Å². The van der Waals surface area contributed by atoms with Gasteiger partial charge in [-0.05, 0) is 12.8 Å². The van der Waals surface area contributed by atoms with Gasteiger partial charge in [0.15, 0.2) is 5.25 Å². The molecule has 0 aromatic heterocycles. The van der Waals surface area contributed by atoms with Crippen molar-refractivity contribution in [1.82, 2.24) is 9.62 Å². The largest absolute Gasteiger partial charge is 0.352 e. The number of sulfonamides is 1. The fourth-order valence-electron chi connectivity index (χ4n) is 1.91. The second-order valence-electron chi connectivity index (χ2n) is 4.12. The van der Waals surface area contributed by atoms with Gasteiger partial charge in [-0.15, -0.1) is 0 Å². The van der Waals surface area contributed by atoms with E-state index in [-0.39, 0.29) is 24.9 Å². The molecule has 1 aliphatic rings. The maximum atomic E-state index is 12.0. The molecule has 0 aliphatic carbocycles. The highest BCUT2D eigenvalue weighted by Gasteiger charge is 2.36. The van der Waals surface area contributed by atoms with Crippen molar-refractivity contribution in [2.45, 2.75) is 38.0 Å². The highest BCUT2D eigenvalue weighted by molar-refractivity contribution is 7.90. The van der Waals surface area contributed by atoms with Crippen molar-refractivity contribution < 1.29 is 13.2 Å². The van der Waals surface area contributed by atoms with Crippen LogP contribution < -0.4 is 5.32 Å². The summed E-state index contributed by atoms with van der Waals surface area (Å²) in [7, 11) is -3.55. The minimum atomic E-state index is -3.55. The van der Waals surface area contributed by atoms with E-state index in [2.05, 4.69) is 5.32 Å². The number of nitrogens with one attached hydrogen (secondary N) is 1. The minimum Gasteiger partial charge on any atom is -0.352 e. The Hall–Kier alpha value is -1.13. The third-order valence-electron chi connectivity index (χ3n) is 2.79. The molecular weight excluding hydrogens is 242 g/mol. The molecule has 0 radical (unpaired) electrons. The molecular formula is C10H17N3O3S. The molecule has 7 heteroatoms. The summed E-state index contributed by atoms with van der Waals surface area (Å²) in [5.41, 5.74) is 0. The number of carbonyl (C=O) groups is 1. The maximum Gasteiger partial charge on any atom is 0.230 e. The van der Waals surface area contributed by atoms with Crippen LogP contribution >= 0.6 is 0 Å². The van der Waals surface area contributed by atoms with Crippen molar-refractivity contribution in [1.29, 1.82) is 5.26 Å². The van der Waals surface area contributed by atoms with Gasteiger partial charge in [0, 0.05) is 26.1 Å². The third kappa shape index (κ3) is 3.17. The van der Waals surface area contributed by atoms with Crippen molar-refractivity contribution in [3.05, 3.63) is 0 Å². The first-order chi connectivity index (χ1) is 7.91. The van der Waals surface area contributed by atoms with Gasteiger partial charge in [-0.25, -0.2) is 8.42 Å². The molecule has 1 fully saturated rings. The molecule has 1 rings (SSSR count). The van der Waals surface area contributed by atoms with E-state index in [1.165, 1.54) is 11.2 Å². The first-order valence-electron chi connectivity index (χ1n) is 5.57. The lowest BCUT2D eigenvalue weighted by atomic mass is 10.3. The number of hydrogen-bond acceptors (Lipinski definition) is 4. The molecule has 0 aromatic rings. The number of amides is 1. The van der Waals surface area contributed by atoms with Gasteiger partial charge in [-0.2, -0.15) is 9.57 Å². The molecule has 2 unspecified atom stereocenters. The molecule has 0 aromatic carbocycles. The van der Waals surface area contributed by atoms with E-state index in [4.69, 9.17) is 5.26 Å². The molecule has 17 heavy (non-hydrogen) atoms. The average Bonchev–Trinajstić information content (AvgIpc) is 2.67. The smallest absolute Gasteiger partial charge is 0.230 e. The van der Waals surface area contributed by atoms with Gasteiger partial charge in [-0.1, -0.05) is 6.92 Å². The zero-order valence-electron chi connectivity index (χ0n) is 10.0. The van der Waals surface area contributed by atoms with Crippen LogP contribution in [0.4, 0.5) is 0 Å². The zero-order valence-corrected chi connectivity index (χ0v) is 10.8. The molecule has 0 bridgehead atoms. The van der Waals surface area contributed by atoms with Crippen LogP contribution in [0.1, 0.15) is 26.7 Å². The molecule has 1 amide bonds. The van der Waals surface area contributed by atoms with E-state index in [9.17, 15) is 13.2 Å². The average molecular weight is 259 g/mol. The Morgan fingerprint density at radius 1 is 1.65 bits per heavy atom. The summed E-state index contributed by atoms with van der Waals surface area (Å²) in [5, 5.41) is 10.5. The Labute approximate surface area is 102 Å². The number of hydrogen-bond donors (Lipinski definition) is 1. The van der Waals surface area contributed by atoms with Crippen molar-refractivity contribution >= 4 is 15.9 Å². The van der Waals surface area contributed by atoms with Gasteiger partial charge in [0.05, 0.1) is 6.07 Å². The van der Waals surface area contributed by atoms with E-state index in [1.807, 2.05) is 6.07 Å². The summed E-state index contributed by atoms with van der Waals surface area (Å²) in [6, 6.07) is 1.67. The van der Waals surface area contributed by atoms with Crippen molar-refractivity contribution in [3.8, 4) is 6.07 Å². The van der Waals surface area contributed by atoms with E-state index in [0.717, 1.165) is 0 Å². The van der Waals surface area contributed by atoms with Crippen LogP contribution in [-0.4, -0.2) is 43.0 Å². The first kappa shape index (κ1) is 13.9. The normalized spacial score (nSPS) is 23.0. The zero-order chi connectivity index (χ0) is 13.1. The fraction of sp³-hybridized carbons (Fsp3) is 0.800. The molecule has 6 nitrogen and oxygen atoms in total. The Morgan fingerprint density at radius 3 is 2.76 bits per heavy atom. The molecule has 1 aliphatic heterocycles. The van der Waals surface area contributed by atoms with E-state index in [0.29, 0.717) is 13.0 Å². The van der Waals surface area contributed by atoms with Crippen molar-refractivity contribution in [2.24, 2.45) is 0 Å². The van der Waals surface area contributed by atoms with Crippen LogP contribution in [0.2, 0.25) is 0 Å². The molecule has 0 spiro atoms.